The minimum absolute atomic E-state index is 0.0111. The predicted octanol–water partition coefficient (Wildman–Crippen LogP) is 4.23. The Hall–Kier alpha value is -2.89. The molecule has 0 radical (unpaired) electrons. The van der Waals surface area contributed by atoms with Gasteiger partial charge < -0.3 is 23.8 Å². The van der Waals surface area contributed by atoms with Gasteiger partial charge in [-0.3, -0.25) is 4.79 Å². The molecule has 0 bridgehead atoms. The summed E-state index contributed by atoms with van der Waals surface area (Å²) in [6.45, 7) is 1.67. The minimum Gasteiger partial charge on any atom is -0.497 e. The number of rotatable bonds is 4. The highest BCUT2D eigenvalue weighted by molar-refractivity contribution is 5.96. The summed E-state index contributed by atoms with van der Waals surface area (Å²) in [5, 5.41) is 0. The fraction of sp³-hybridized carbons (Fsp3) is 0.435. The molecule has 6 heteroatoms. The first kappa shape index (κ1) is 19.4. The number of methoxy groups -OCH3 is 2. The number of fused-ring (bicyclic) bond motifs is 1. The van der Waals surface area contributed by atoms with Gasteiger partial charge in [0.2, 0.25) is 5.75 Å². The SMILES string of the molecule is COc1ccc([C@@H]2CCCCCN2C(=O)c2cc(OC)c3c(c2)OCCO3)cc1. The van der Waals surface area contributed by atoms with E-state index in [9.17, 15) is 4.79 Å². The number of carbonyl (C=O) groups is 1. The number of hydrogen-bond donors (Lipinski definition) is 0. The van der Waals surface area contributed by atoms with Crippen LogP contribution in [0.5, 0.6) is 23.0 Å². The molecular weight excluding hydrogens is 370 g/mol. The third-order valence-electron chi connectivity index (χ3n) is 5.59. The van der Waals surface area contributed by atoms with Crippen molar-refractivity contribution >= 4 is 5.91 Å². The molecule has 29 heavy (non-hydrogen) atoms. The van der Waals surface area contributed by atoms with Gasteiger partial charge in [-0.15, -0.1) is 0 Å². The molecule has 0 aromatic heterocycles. The summed E-state index contributed by atoms with van der Waals surface area (Å²) in [7, 11) is 3.24. The van der Waals surface area contributed by atoms with Crippen molar-refractivity contribution in [2.45, 2.75) is 31.7 Å². The average molecular weight is 397 g/mol. The van der Waals surface area contributed by atoms with Crippen molar-refractivity contribution < 1.29 is 23.7 Å². The van der Waals surface area contributed by atoms with Gasteiger partial charge in [-0.25, -0.2) is 0 Å². The normalized spacial score (nSPS) is 18.7. The molecule has 1 amide bonds. The van der Waals surface area contributed by atoms with Crippen molar-refractivity contribution in [2.24, 2.45) is 0 Å². The van der Waals surface area contributed by atoms with Crippen molar-refractivity contribution in [1.29, 1.82) is 0 Å². The van der Waals surface area contributed by atoms with E-state index in [2.05, 4.69) is 12.1 Å². The van der Waals surface area contributed by atoms with E-state index in [4.69, 9.17) is 18.9 Å². The van der Waals surface area contributed by atoms with Crippen LogP contribution in [0.3, 0.4) is 0 Å². The predicted molar refractivity (Wildman–Crippen MR) is 109 cm³/mol. The Kier molecular flexibility index (Phi) is 5.79. The van der Waals surface area contributed by atoms with Crippen LogP contribution in [0.1, 0.15) is 47.6 Å². The lowest BCUT2D eigenvalue weighted by Gasteiger charge is -2.31. The molecule has 2 aromatic carbocycles. The third kappa shape index (κ3) is 3.97. The van der Waals surface area contributed by atoms with Crippen molar-refractivity contribution in [3.05, 3.63) is 47.5 Å². The highest BCUT2D eigenvalue weighted by Gasteiger charge is 2.29. The molecule has 4 rings (SSSR count). The van der Waals surface area contributed by atoms with Gasteiger partial charge in [-0.2, -0.15) is 0 Å². The van der Waals surface area contributed by atoms with Crippen LogP contribution in [-0.2, 0) is 0 Å². The van der Waals surface area contributed by atoms with E-state index in [1.807, 2.05) is 17.0 Å². The van der Waals surface area contributed by atoms with E-state index >= 15 is 0 Å². The van der Waals surface area contributed by atoms with Crippen molar-refractivity contribution in [2.75, 3.05) is 34.0 Å². The first-order chi connectivity index (χ1) is 14.2. The van der Waals surface area contributed by atoms with Crippen LogP contribution in [-0.4, -0.2) is 44.8 Å². The molecule has 0 N–H and O–H groups in total. The van der Waals surface area contributed by atoms with Crippen molar-refractivity contribution in [3.8, 4) is 23.0 Å². The highest BCUT2D eigenvalue weighted by atomic mass is 16.6. The van der Waals surface area contributed by atoms with E-state index in [0.29, 0.717) is 36.0 Å². The Morgan fingerprint density at radius 2 is 1.79 bits per heavy atom. The molecule has 0 spiro atoms. The zero-order valence-electron chi connectivity index (χ0n) is 17.0. The molecule has 6 nitrogen and oxygen atoms in total. The molecule has 2 aliphatic rings. The number of benzene rings is 2. The Morgan fingerprint density at radius 3 is 2.55 bits per heavy atom. The topological polar surface area (TPSA) is 57.2 Å². The molecule has 1 atom stereocenters. The average Bonchev–Trinajstić information content (AvgIpc) is 3.04. The summed E-state index contributed by atoms with van der Waals surface area (Å²) in [4.78, 5) is 15.5. The van der Waals surface area contributed by atoms with E-state index in [1.165, 1.54) is 0 Å². The number of likely N-dealkylation sites (tertiary alicyclic amines) is 1. The van der Waals surface area contributed by atoms with Gasteiger partial charge in [0.1, 0.15) is 19.0 Å². The second-order valence-corrected chi connectivity index (χ2v) is 7.34. The molecular formula is C23H27NO5. The standard InChI is InChI=1S/C23H27NO5/c1-26-18-9-7-16(8-10-18)19-6-4-3-5-11-24(19)23(25)17-14-20(27-2)22-21(15-17)28-12-13-29-22/h7-10,14-15,19H,3-6,11-13H2,1-2H3/t19-/m0/s1. The van der Waals surface area contributed by atoms with Gasteiger partial charge in [0.25, 0.3) is 5.91 Å². The number of ether oxygens (including phenoxy) is 4. The molecule has 2 aliphatic heterocycles. The Balaban J connectivity index is 1.67. The van der Waals surface area contributed by atoms with Crippen LogP contribution in [0.4, 0.5) is 0 Å². The summed E-state index contributed by atoms with van der Waals surface area (Å²) < 4.78 is 22.1. The molecule has 0 saturated carbocycles. The Labute approximate surface area is 171 Å². The van der Waals surface area contributed by atoms with Crippen LogP contribution in [0.25, 0.3) is 0 Å². The second-order valence-electron chi connectivity index (χ2n) is 7.34. The highest BCUT2D eigenvalue weighted by Crippen LogP contribution is 2.41. The van der Waals surface area contributed by atoms with Crippen LogP contribution in [0, 0.1) is 0 Å². The van der Waals surface area contributed by atoms with Crippen LogP contribution < -0.4 is 18.9 Å². The van der Waals surface area contributed by atoms with Gasteiger partial charge in [0.15, 0.2) is 11.5 Å². The molecule has 0 unspecified atom stereocenters. The summed E-state index contributed by atoms with van der Waals surface area (Å²) >= 11 is 0. The zero-order chi connectivity index (χ0) is 20.2. The lowest BCUT2D eigenvalue weighted by atomic mass is 9.99. The van der Waals surface area contributed by atoms with Crippen LogP contribution in [0.15, 0.2) is 36.4 Å². The first-order valence-electron chi connectivity index (χ1n) is 10.1. The Bertz CT molecular complexity index is 847. The summed E-state index contributed by atoms with van der Waals surface area (Å²) in [5.41, 5.74) is 1.69. The summed E-state index contributed by atoms with van der Waals surface area (Å²) in [6, 6.07) is 11.6. The molecule has 0 aliphatic carbocycles. The number of carbonyl (C=O) groups excluding carboxylic acids is 1. The maximum Gasteiger partial charge on any atom is 0.254 e. The molecule has 1 fully saturated rings. The van der Waals surface area contributed by atoms with Gasteiger partial charge in [-0.1, -0.05) is 25.0 Å². The Morgan fingerprint density at radius 1 is 1.00 bits per heavy atom. The molecule has 1 saturated heterocycles. The quantitative estimate of drug-likeness (QED) is 0.773. The van der Waals surface area contributed by atoms with E-state index in [-0.39, 0.29) is 11.9 Å². The van der Waals surface area contributed by atoms with Gasteiger partial charge in [0, 0.05) is 12.1 Å². The fourth-order valence-electron chi connectivity index (χ4n) is 4.09. The number of nitrogens with zero attached hydrogens (tertiary/aromatic N) is 1. The molecule has 154 valence electrons. The molecule has 2 heterocycles. The third-order valence-corrected chi connectivity index (χ3v) is 5.59. The second kappa shape index (κ2) is 8.64. The monoisotopic (exact) mass is 397 g/mol. The zero-order valence-corrected chi connectivity index (χ0v) is 17.0. The fourth-order valence-corrected chi connectivity index (χ4v) is 4.09. The summed E-state index contributed by atoms with van der Waals surface area (Å²) in [6.07, 6.45) is 4.17. The smallest absolute Gasteiger partial charge is 0.254 e. The molecule has 2 aromatic rings. The lowest BCUT2D eigenvalue weighted by Crippen LogP contribution is -2.35. The summed E-state index contributed by atoms with van der Waals surface area (Å²) in [5.74, 6) is 2.47. The van der Waals surface area contributed by atoms with E-state index in [1.54, 1.807) is 26.4 Å². The first-order valence-corrected chi connectivity index (χ1v) is 10.1. The number of amides is 1. The van der Waals surface area contributed by atoms with E-state index < -0.39 is 0 Å². The number of hydrogen-bond acceptors (Lipinski definition) is 5. The lowest BCUT2D eigenvalue weighted by molar-refractivity contribution is 0.0679. The van der Waals surface area contributed by atoms with E-state index in [0.717, 1.165) is 43.5 Å². The van der Waals surface area contributed by atoms with Crippen molar-refractivity contribution in [3.63, 3.8) is 0 Å². The van der Waals surface area contributed by atoms with Gasteiger partial charge in [-0.05, 0) is 42.7 Å². The maximum absolute atomic E-state index is 13.6. The van der Waals surface area contributed by atoms with Gasteiger partial charge >= 0.3 is 0 Å². The minimum atomic E-state index is -0.0111. The van der Waals surface area contributed by atoms with Crippen LogP contribution in [0.2, 0.25) is 0 Å². The largest absolute Gasteiger partial charge is 0.497 e. The van der Waals surface area contributed by atoms with Gasteiger partial charge in [0.05, 0.1) is 20.3 Å². The van der Waals surface area contributed by atoms with Crippen LogP contribution >= 0.6 is 0 Å². The maximum atomic E-state index is 13.6. The van der Waals surface area contributed by atoms with Crippen molar-refractivity contribution in [1.82, 2.24) is 4.90 Å².